The first-order chi connectivity index (χ1) is 8.70. The third-order valence-corrected chi connectivity index (χ3v) is 2.81. The number of ether oxygens (including phenoxy) is 1. The zero-order valence-corrected chi connectivity index (χ0v) is 9.48. The summed E-state index contributed by atoms with van der Waals surface area (Å²) >= 11 is 0. The summed E-state index contributed by atoms with van der Waals surface area (Å²) in [5, 5.41) is 0.721. The molecule has 0 aliphatic heterocycles. The zero-order valence-electron chi connectivity index (χ0n) is 9.48. The molecule has 0 amide bonds. The monoisotopic (exact) mass is 243 g/mol. The first-order valence-corrected chi connectivity index (χ1v) is 5.28. The SMILES string of the molecule is COC(=O)c1ccc2[nH]c3c(=O)[nH]cnc3c2c1. The molecule has 6 nitrogen and oxygen atoms in total. The van der Waals surface area contributed by atoms with E-state index in [-0.39, 0.29) is 5.56 Å². The number of rotatable bonds is 1. The minimum Gasteiger partial charge on any atom is -0.465 e. The molecule has 0 saturated heterocycles. The number of aromatic amines is 2. The van der Waals surface area contributed by atoms with Gasteiger partial charge >= 0.3 is 5.97 Å². The lowest BCUT2D eigenvalue weighted by Crippen LogP contribution is -2.05. The van der Waals surface area contributed by atoms with Gasteiger partial charge in [0.05, 0.1) is 19.0 Å². The van der Waals surface area contributed by atoms with Gasteiger partial charge in [0, 0.05) is 10.9 Å². The lowest BCUT2D eigenvalue weighted by Gasteiger charge is -1.98. The number of nitrogens with one attached hydrogen (secondary N) is 2. The van der Waals surface area contributed by atoms with Crippen LogP contribution in [-0.4, -0.2) is 28.0 Å². The number of aromatic nitrogens is 3. The molecule has 2 N–H and O–H groups in total. The molecule has 0 unspecified atom stereocenters. The topological polar surface area (TPSA) is 87.8 Å². The lowest BCUT2D eigenvalue weighted by molar-refractivity contribution is 0.0601. The molecular weight excluding hydrogens is 234 g/mol. The van der Waals surface area contributed by atoms with E-state index in [0.717, 1.165) is 10.9 Å². The smallest absolute Gasteiger partial charge is 0.337 e. The van der Waals surface area contributed by atoms with Crippen LogP contribution in [0, 0.1) is 0 Å². The van der Waals surface area contributed by atoms with Crippen molar-refractivity contribution in [1.29, 1.82) is 0 Å². The standard InChI is InChI=1S/C12H9N3O3/c1-18-12(17)6-2-3-8-7(4-6)9-10(15-8)11(16)14-5-13-9/h2-5,15H,1H3,(H,13,14,16). The molecule has 0 saturated carbocycles. The Morgan fingerprint density at radius 3 is 3.00 bits per heavy atom. The highest BCUT2D eigenvalue weighted by Gasteiger charge is 2.11. The Labute approximate surface area is 101 Å². The molecule has 0 bridgehead atoms. The molecule has 0 atom stereocenters. The van der Waals surface area contributed by atoms with Crippen LogP contribution in [0.4, 0.5) is 0 Å². The number of nitrogens with zero attached hydrogens (tertiary/aromatic N) is 1. The van der Waals surface area contributed by atoms with Gasteiger partial charge in [0.1, 0.15) is 11.0 Å². The molecule has 3 aromatic rings. The van der Waals surface area contributed by atoms with Gasteiger partial charge in [-0.05, 0) is 18.2 Å². The second-order valence-electron chi connectivity index (χ2n) is 3.83. The van der Waals surface area contributed by atoms with Crippen LogP contribution < -0.4 is 5.56 Å². The van der Waals surface area contributed by atoms with Crippen LogP contribution in [0.15, 0.2) is 29.3 Å². The summed E-state index contributed by atoms with van der Waals surface area (Å²) in [4.78, 5) is 32.6. The molecule has 0 aliphatic rings. The molecule has 0 fully saturated rings. The molecule has 6 heteroatoms. The minimum atomic E-state index is -0.420. The first-order valence-electron chi connectivity index (χ1n) is 5.28. The van der Waals surface area contributed by atoms with Crippen molar-refractivity contribution in [2.24, 2.45) is 0 Å². The summed E-state index contributed by atoms with van der Waals surface area (Å²) in [7, 11) is 1.32. The number of carbonyl (C=O) groups is 1. The highest BCUT2D eigenvalue weighted by Crippen LogP contribution is 2.22. The van der Waals surface area contributed by atoms with E-state index in [4.69, 9.17) is 0 Å². The predicted octanol–water partition coefficient (Wildman–Crippen LogP) is 1.19. The van der Waals surface area contributed by atoms with Crippen molar-refractivity contribution in [1.82, 2.24) is 15.0 Å². The van der Waals surface area contributed by atoms with E-state index in [9.17, 15) is 9.59 Å². The van der Waals surface area contributed by atoms with E-state index >= 15 is 0 Å². The number of benzene rings is 1. The van der Waals surface area contributed by atoms with Crippen LogP contribution in [-0.2, 0) is 4.74 Å². The summed E-state index contributed by atoms with van der Waals surface area (Å²) in [5.41, 5.74) is 1.87. The highest BCUT2D eigenvalue weighted by molar-refractivity contribution is 6.07. The Kier molecular flexibility index (Phi) is 2.16. The van der Waals surface area contributed by atoms with E-state index in [1.807, 2.05) is 0 Å². The molecule has 1 aromatic carbocycles. The molecular formula is C12H9N3O3. The molecule has 0 aliphatic carbocycles. The molecule has 90 valence electrons. The van der Waals surface area contributed by atoms with Crippen LogP contribution in [0.5, 0.6) is 0 Å². The lowest BCUT2D eigenvalue weighted by atomic mass is 10.1. The van der Waals surface area contributed by atoms with Crippen molar-refractivity contribution < 1.29 is 9.53 Å². The normalized spacial score (nSPS) is 10.9. The Hall–Kier alpha value is -2.63. The van der Waals surface area contributed by atoms with Gasteiger partial charge in [0.15, 0.2) is 0 Å². The first kappa shape index (κ1) is 10.5. The largest absolute Gasteiger partial charge is 0.465 e. The van der Waals surface area contributed by atoms with E-state index in [0.29, 0.717) is 16.6 Å². The molecule has 18 heavy (non-hydrogen) atoms. The minimum absolute atomic E-state index is 0.240. The Balaban J connectivity index is 2.39. The fourth-order valence-corrected chi connectivity index (χ4v) is 1.95. The third-order valence-electron chi connectivity index (χ3n) is 2.81. The highest BCUT2D eigenvalue weighted by atomic mass is 16.5. The van der Waals surface area contributed by atoms with Crippen molar-refractivity contribution >= 4 is 27.9 Å². The fraction of sp³-hybridized carbons (Fsp3) is 0.0833. The number of fused-ring (bicyclic) bond motifs is 3. The third kappa shape index (κ3) is 1.39. The van der Waals surface area contributed by atoms with Gasteiger partial charge in [-0.2, -0.15) is 0 Å². The van der Waals surface area contributed by atoms with E-state index in [2.05, 4.69) is 19.7 Å². The number of hydrogen-bond donors (Lipinski definition) is 2. The summed E-state index contributed by atoms with van der Waals surface area (Å²) in [6.45, 7) is 0. The summed E-state index contributed by atoms with van der Waals surface area (Å²) in [6.07, 6.45) is 1.34. The number of methoxy groups -OCH3 is 1. The fourth-order valence-electron chi connectivity index (χ4n) is 1.95. The maximum absolute atomic E-state index is 11.6. The van der Waals surface area contributed by atoms with Crippen LogP contribution in [0.25, 0.3) is 21.9 Å². The van der Waals surface area contributed by atoms with E-state index < -0.39 is 5.97 Å². The van der Waals surface area contributed by atoms with Crippen molar-refractivity contribution in [3.63, 3.8) is 0 Å². The van der Waals surface area contributed by atoms with Crippen LogP contribution in [0.3, 0.4) is 0 Å². The Morgan fingerprint density at radius 1 is 1.39 bits per heavy atom. The molecule has 3 rings (SSSR count). The zero-order chi connectivity index (χ0) is 12.7. The van der Waals surface area contributed by atoms with Crippen molar-refractivity contribution in [3.8, 4) is 0 Å². The molecule has 0 spiro atoms. The average Bonchev–Trinajstić information content (AvgIpc) is 2.77. The van der Waals surface area contributed by atoms with Gasteiger partial charge in [-0.15, -0.1) is 0 Å². The molecule has 0 radical (unpaired) electrons. The summed E-state index contributed by atoms with van der Waals surface area (Å²) in [6, 6.07) is 5.02. The Bertz CT molecular complexity index is 816. The number of carbonyl (C=O) groups excluding carboxylic acids is 1. The quantitative estimate of drug-likeness (QED) is 0.628. The maximum atomic E-state index is 11.6. The molecule has 2 aromatic heterocycles. The van der Waals surface area contributed by atoms with Gasteiger partial charge in [-0.3, -0.25) is 4.79 Å². The van der Waals surface area contributed by atoms with Gasteiger partial charge in [0.2, 0.25) is 0 Å². The van der Waals surface area contributed by atoms with Crippen molar-refractivity contribution in [3.05, 3.63) is 40.4 Å². The van der Waals surface area contributed by atoms with Gasteiger partial charge in [-0.1, -0.05) is 0 Å². The predicted molar refractivity (Wildman–Crippen MR) is 65.6 cm³/mol. The Morgan fingerprint density at radius 2 is 2.22 bits per heavy atom. The second-order valence-corrected chi connectivity index (χ2v) is 3.83. The van der Waals surface area contributed by atoms with Gasteiger partial charge in [-0.25, -0.2) is 9.78 Å². The van der Waals surface area contributed by atoms with E-state index in [1.165, 1.54) is 13.4 Å². The summed E-state index contributed by atoms with van der Waals surface area (Å²) < 4.78 is 4.66. The number of esters is 1. The number of H-pyrrole nitrogens is 2. The van der Waals surface area contributed by atoms with Crippen molar-refractivity contribution in [2.75, 3.05) is 7.11 Å². The van der Waals surface area contributed by atoms with Crippen LogP contribution in [0.1, 0.15) is 10.4 Å². The van der Waals surface area contributed by atoms with Crippen LogP contribution >= 0.6 is 0 Å². The van der Waals surface area contributed by atoms with Gasteiger partial charge < -0.3 is 14.7 Å². The van der Waals surface area contributed by atoms with E-state index in [1.54, 1.807) is 18.2 Å². The van der Waals surface area contributed by atoms with Crippen LogP contribution in [0.2, 0.25) is 0 Å². The maximum Gasteiger partial charge on any atom is 0.337 e. The molecule has 2 heterocycles. The van der Waals surface area contributed by atoms with Gasteiger partial charge in [0.25, 0.3) is 5.56 Å². The average molecular weight is 243 g/mol. The van der Waals surface area contributed by atoms with Crippen molar-refractivity contribution in [2.45, 2.75) is 0 Å². The second kappa shape index (κ2) is 3.69. The summed E-state index contributed by atoms with van der Waals surface area (Å²) in [5.74, 6) is -0.420. The number of hydrogen-bond acceptors (Lipinski definition) is 4.